The maximum atomic E-state index is 3.39. The Balaban J connectivity index is 7.97. The van der Waals surface area contributed by atoms with Gasteiger partial charge in [0.2, 0.25) is 0 Å². The van der Waals surface area contributed by atoms with Crippen molar-refractivity contribution in [3.63, 3.8) is 0 Å². The van der Waals surface area contributed by atoms with Crippen LogP contribution in [-0.4, -0.2) is 0 Å². The molecular formula is H39P37. The molecule has 23 atom stereocenters. The quantitative estimate of drug-likeness (QED) is 0.127. The molecule has 224 valence electrons. The first-order valence-corrected chi connectivity index (χ1v) is 75.2. The van der Waals surface area contributed by atoms with E-state index >= 15 is 0 Å². The Morgan fingerprint density at radius 3 is 0.595 bits per heavy atom. The van der Waals surface area contributed by atoms with E-state index in [4.69, 9.17) is 0 Å². The van der Waals surface area contributed by atoms with E-state index < -0.39 is 0 Å². The Morgan fingerprint density at radius 2 is 0.432 bits per heavy atom. The highest BCUT2D eigenvalue weighted by Gasteiger charge is 2.53. The van der Waals surface area contributed by atoms with Crippen LogP contribution >= 0.6 is 296 Å². The molecule has 0 aromatic rings. The van der Waals surface area contributed by atoms with Crippen molar-refractivity contribution in [3.8, 4) is 0 Å². The highest BCUT2D eigenvalue weighted by molar-refractivity contribution is 9.47. The molecule has 0 amide bonds. The summed E-state index contributed by atoms with van der Waals surface area (Å²) in [6.45, 7) is -0.916. The fourth-order valence-corrected chi connectivity index (χ4v) is 505. The smallest absolute Gasteiger partial charge is 0.000200 e. The summed E-state index contributed by atoms with van der Waals surface area (Å²) in [4.78, 5) is 0. The highest BCUT2D eigenvalue weighted by atomic mass is 33.5. The van der Waals surface area contributed by atoms with E-state index in [1.807, 2.05) is 0 Å². The summed E-state index contributed by atoms with van der Waals surface area (Å²) in [7, 11) is 64.9. The van der Waals surface area contributed by atoms with Crippen molar-refractivity contribution in [2.24, 2.45) is 0 Å². The van der Waals surface area contributed by atoms with Gasteiger partial charge in [-0.15, -0.1) is 170 Å². The van der Waals surface area contributed by atoms with Gasteiger partial charge in [-0.2, -0.15) is 0 Å². The number of rotatable bonds is 17. The molecule has 0 aliphatic carbocycles. The van der Waals surface area contributed by atoms with Crippen LogP contribution in [0.5, 0.6) is 0 Å². The van der Waals surface area contributed by atoms with Crippen molar-refractivity contribution < 1.29 is 0 Å². The van der Waals surface area contributed by atoms with Gasteiger partial charge in [-0.1, -0.05) is 7.96 Å². The Kier molecular flexibility index (Phi) is 41.7. The summed E-state index contributed by atoms with van der Waals surface area (Å²) < 4.78 is 0. The Hall–Kier alpha value is 15.9. The minimum absolute atomic E-state index is 0.00189. The zero-order valence-corrected chi connectivity index (χ0v) is 57.2. The van der Waals surface area contributed by atoms with Gasteiger partial charge in [0.1, 0.15) is 0 Å². The molecule has 0 aliphatic heterocycles. The summed E-state index contributed by atoms with van der Waals surface area (Å²) in [6, 6.07) is 0. The van der Waals surface area contributed by atoms with Crippen LogP contribution in [0.1, 0.15) is 0 Å². The maximum absolute atomic E-state index is 3.39. The van der Waals surface area contributed by atoms with Crippen molar-refractivity contribution in [1.29, 1.82) is 0 Å². The van der Waals surface area contributed by atoms with Crippen LogP contribution < -0.4 is 0 Å². The molecule has 0 saturated carbocycles. The summed E-state index contributed by atoms with van der Waals surface area (Å²) in [5.74, 6) is 0. The third-order valence-electron chi connectivity index (χ3n) is 3.12. The summed E-state index contributed by atoms with van der Waals surface area (Å²) in [6.07, 6.45) is 0. The monoisotopic (exact) mass is 1190 g/mol. The second-order valence-electron chi connectivity index (χ2n) is 5.72. The molecule has 0 fully saturated rings. The molecule has 0 aromatic carbocycles. The van der Waals surface area contributed by atoms with Crippen molar-refractivity contribution in [2.45, 2.75) is 0 Å². The topological polar surface area (TPSA) is 0 Å². The van der Waals surface area contributed by atoms with Crippen LogP contribution in [0, 0.1) is 0 Å². The first kappa shape index (κ1) is 52.9. The van der Waals surface area contributed by atoms with Crippen molar-refractivity contribution in [3.05, 3.63) is 0 Å². The van der Waals surface area contributed by atoms with Crippen molar-refractivity contribution in [2.75, 3.05) is 0 Å². The third kappa shape index (κ3) is 19.3. The van der Waals surface area contributed by atoms with Crippen LogP contribution in [-0.2, 0) is 0 Å². The average Bonchev–Trinajstić information content (AvgIpc) is 2.68. The average molecular weight is 1190 g/mol. The molecule has 0 radical (unpaired) electrons. The summed E-state index contributed by atoms with van der Waals surface area (Å²) in [5.41, 5.74) is 0. The van der Waals surface area contributed by atoms with Crippen molar-refractivity contribution >= 4 is 296 Å². The fourth-order valence-electron chi connectivity index (χ4n) is 2.08. The van der Waals surface area contributed by atoms with Gasteiger partial charge in [-0.3, -0.25) is 0 Å². The molecule has 0 N–H and O–H groups in total. The molecule has 0 rings (SSSR count). The van der Waals surface area contributed by atoms with Crippen LogP contribution in [0.4, 0.5) is 0 Å². The SMILES string of the molecule is PPP(P(P)P)P(P(P(P)P)P(P)P)P(P(P(P)P)P(P)P)P(P(P(P)P)P(P)P)P(P(P)P)P(P)P. The van der Waals surface area contributed by atoms with E-state index in [1.165, 1.54) is 0 Å². The molecule has 0 spiro atoms. The lowest BCUT2D eigenvalue weighted by atomic mass is 28.4. The van der Waals surface area contributed by atoms with Gasteiger partial charge < -0.3 is 0 Å². The molecule has 23 unspecified atom stereocenters. The van der Waals surface area contributed by atoms with Gasteiger partial charge in [0, 0.05) is 0 Å². The van der Waals surface area contributed by atoms with Gasteiger partial charge in [-0.25, -0.2) is 0 Å². The zero-order chi connectivity index (χ0) is 29.5. The highest BCUT2D eigenvalue weighted by Crippen LogP contribution is 3.41. The molecule has 0 aromatic heterocycles. The van der Waals surface area contributed by atoms with Crippen molar-refractivity contribution in [1.82, 2.24) is 0 Å². The van der Waals surface area contributed by atoms with E-state index in [2.05, 4.69) is 170 Å². The molecule has 0 bridgehead atoms. The van der Waals surface area contributed by atoms with Gasteiger partial charge in [0.05, 0.1) is 0 Å². The van der Waals surface area contributed by atoms with Gasteiger partial charge in [0.15, 0.2) is 0 Å². The Bertz CT molecular complexity index is 523. The molecule has 37 heavy (non-hydrogen) atoms. The predicted octanol–water partition coefficient (Wildman–Crippen LogP) is 21.4. The van der Waals surface area contributed by atoms with Gasteiger partial charge >= 0.3 is 0 Å². The second-order valence-corrected chi connectivity index (χ2v) is 154. The second kappa shape index (κ2) is 29.2. The minimum atomic E-state index is -0.107. The van der Waals surface area contributed by atoms with Gasteiger partial charge in [0.25, 0.3) is 0 Å². The van der Waals surface area contributed by atoms with Crippen LogP contribution in [0.3, 0.4) is 0 Å². The van der Waals surface area contributed by atoms with Crippen LogP contribution in [0.15, 0.2) is 0 Å². The predicted molar refractivity (Wildman–Crippen MR) is 310 cm³/mol. The van der Waals surface area contributed by atoms with E-state index in [0.29, 0.717) is 0 Å². The first-order chi connectivity index (χ1) is 16.8. The summed E-state index contributed by atoms with van der Waals surface area (Å²) in [5, 5.41) is 0. The van der Waals surface area contributed by atoms with E-state index in [9.17, 15) is 0 Å². The van der Waals surface area contributed by atoms with Gasteiger partial charge in [-0.05, 0) is 119 Å². The zero-order valence-electron chi connectivity index (χ0n) is 19.1. The molecule has 0 heterocycles. The molecular weight excluding hydrogens is 1150 g/mol. The van der Waals surface area contributed by atoms with E-state index in [-0.39, 0.29) is 119 Å². The normalized spacial score (nSPS) is 16.8. The first-order valence-electron chi connectivity index (χ1n) is 8.36. The minimum Gasteiger partial charge on any atom is -0.109 e. The lowest BCUT2D eigenvalue weighted by molar-refractivity contribution is 4.39. The van der Waals surface area contributed by atoms with Crippen LogP contribution in [0.2, 0.25) is 0 Å². The maximum Gasteiger partial charge on any atom is -0.000200 e. The Morgan fingerprint density at radius 1 is 0.243 bits per heavy atom. The molecule has 0 saturated heterocycles. The van der Waals surface area contributed by atoms with Crippen LogP contribution in [0.25, 0.3) is 0 Å². The number of hydrogen-bond acceptors (Lipinski definition) is 0. The van der Waals surface area contributed by atoms with E-state index in [0.717, 1.165) is 7.96 Å². The third-order valence-corrected chi connectivity index (χ3v) is 252. The largest absolute Gasteiger partial charge is 0.109 e. The Labute approximate surface area is 292 Å². The molecule has 0 aliphatic rings. The fraction of sp³-hybridized carbons (Fsp3) is 0. The lowest BCUT2D eigenvalue weighted by Crippen LogP contribution is -1.67. The lowest BCUT2D eigenvalue weighted by Gasteiger charge is -2.55. The standard InChI is InChI=1S/H39P37/c1-20-30(21(2)3)35(31(22(4)5)23(6)7)37(34(28(16)17)29(18)19)36(32(24(8)9)25(10)11)33(26(12)13)27(14)15/h20H,1-19H2. The molecule has 37 heteroatoms. The summed E-state index contributed by atoms with van der Waals surface area (Å²) >= 11 is 0. The van der Waals surface area contributed by atoms with E-state index in [1.54, 1.807) is 0 Å². The number of hydrogen-bond donors (Lipinski definition) is 0. The molecule has 0 nitrogen and oxygen atoms in total.